The van der Waals surface area contributed by atoms with Crippen LogP contribution in [0.5, 0.6) is 0 Å². The van der Waals surface area contributed by atoms with Crippen molar-refractivity contribution in [2.45, 2.75) is 219 Å². The van der Waals surface area contributed by atoms with Crippen molar-refractivity contribution < 1.29 is 0 Å². The summed E-state index contributed by atoms with van der Waals surface area (Å²) in [6, 6.07) is 0. The molecule has 0 bridgehead atoms. The maximum absolute atomic E-state index is 3.68. The first-order chi connectivity index (χ1) is 20.4. The molecule has 0 heterocycles. The van der Waals surface area contributed by atoms with E-state index in [1.54, 1.807) is 0 Å². The van der Waals surface area contributed by atoms with E-state index < -0.39 is 0 Å². The molecule has 0 aromatic carbocycles. The van der Waals surface area contributed by atoms with Crippen LogP contribution in [-0.4, -0.2) is 13.1 Å². The largest absolute Gasteiger partial charge is 0.317 e. The molecule has 0 unspecified atom stereocenters. The first kappa shape index (κ1) is 40.4. The Balaban J connectivity index is 3.09. The third kappa shape index (κ3) is 39.4. The van der Waals surface area contributed by atoms with Gasteiger partial charge in [-0.2, -0.15) is 0 Å². The van der Waals surface area contributed by atoms with Crippen molar-refractivity contribution in [1.82, 2.24) is 5.32 Å². The molecule has 0 aliphatic rings. The topological polar surface area (TPSA) is 12.0 Å². The van der Waals surface area contributed by atoms with Gasteiger partial charge in [0.05, 0.1) is 0 Å². The van der Waals surface area contributed by atoms with Crippen LogP contribution in [0.1, 0.15) is 219 Å². The molecule has 1 heteroatoms. The Hall–Kier alpha value is -0.560. The zero-order chi connectivity index (χ0) is 29.6. The number of hydrogen-bond donors (Lipinski definition) is 1. The van der Waals surface area contributed by atoms with E-state index in [0.717, 1.165) is 0 Å². The average Bonchev–Trinajstić information content (AvgIpc) is 2.98. The second kappa shape index (κ2) is 39.4. The Kier molecular flexibility index (Phi) is 38.9. The molecular formula is C40H79N. The van der Waals surface area contributed by atoms with Gasteiger partial charge in [-0.25, -0.2) is 0 Å². The predicted octanol–water partition coefficient (Wildman–Crippen LogP) is 14.2. The smallest absolute Gasteiger partial charge is 0.00489 e. The van der Waals surface area contributed by atoms with Gasteiger partial charge in [0.2, 0.25) is 0 Å². The summed E-state index contributed by atoms with van der Waals surface area (Å²) >= 11 is 0. The van der Waals surface area contributed by atoms with Gasteiger partial charge in [0.25, 0.3) is 0 Å². The van der Waals surface area contributed by atoms with Crippen molar-refractivity contribution in [2.75, 3.05) is 13.1 Å². The third-order valence-electron chi connectivity index (χ3n) is 8.73. The SMILES string of the molecule is CCCCCCCC/C=C\CCCCCCCCCCCCNCCCCCCCC/C=C\CCCCCCCC. The van der Waals surface area contributed by atoms with E-state index in [1.165, 1.54) is 219 Å². The second-order valence-electron chi connectivity index (χ2n) is 13.0. The highest BCUT2D eigenvalue weighted by Gasteiger charge is 1.95. The summed E-state index contributed by atoms with van der Waals surface area (Å²) < 4.78 is 0. The van der Waals surface area contributed by atoms with Gasteiger partial charge in [0.15, 0.2) is 0 Å². The summed E-state index contributed by atoms with van der Waals surface area (Å²) in [5.41, 5.74) is 0. The van der Waals surface area contributed by atoms with Crippen LogP contribution >= 0.6 is 0 Å². The average molecular weight is 574 g/mol. The van der Waals surface area contributed by atoms with Gasteiger partial charge in [0.1, 0.15) is 0 Å². The summed E-state index contributed by atoms with van der Waals surface area (Å²) in [6.07, 6.45) is 54.8. The number of allylic oxidation sites excluding steroid dienone is 4. The van der Waals surface area contributed by atoms with E-state index in [1.807, 2.05) is 0 Å². The van der Waals surface area contributed by atoms with Crippen molar-refractivity contribution in [3.63, 3.8) is 0 Å². The Morgan fingerprint density at radius 1 is 0.268 bits per heavy atom. The maximum atomic E-state index is 3.68. The summed E-state index contributed by atoms with van der Waals surface area (Å²) in [6.45, 7) is 7.06. The zero-order valence-corrected chi connectivity index (χ0v) is 28.9. The molecule has 1 nitrogen and oxygen atoms in total. The van der Waals surface area contributed by atoms with Gasteiger partial charge >= 0.3 is 0 Å². The molecule has 0 atom stereocenters. The van der Waals surface area contributed by atoms with E-state index >= 15 is 0 Å². The third-order valence-corrected chi connectivity index (χ3v) is 8.73. The van der Waals surface area contributed by atoms with Crippen molar-refractivity contribution >= 4 is 0 Å². The summed E-state index contributed by atoms with van der Waals surface area (Å²) in [4.78, 5) is 0. The molecule has 41 heavy (non-hydrogen) atoms. The number of nitrogens with one attached hydrogen (secondary N) is 1. The lowest BCUT2D eigenvalue weighted by Crippen LogP contribution is -2.16. The van der Waals surface area contributed by atoms with E-state index in [0.29, 0.717) is 0 Å². The molecule has 0 aromatic rings. The first-order valence-corrected chi connectivity index (χ1v) is 19.4. The minimum atomic E-state index is 1.23. The highest BCUT2D eigenvalue weighted by molar-refractivity contribution is 4.82. The molecule has 0 fully saturated rings. The quantitative estimate of drug-likeness (QED) is 0.0580. The van der Waals surface area contributed by atoms with Crippen LogP contribution in [-0.2, 0) is 0 Å². The fourth-order valence-corrected chi connectivity index (χ4v) is 5.83. The van der Waals surface area contributed by atoms with Gasteiger partial charge in [-0.15, -0.1) is 0 Å². The summed E-state index contributed by atoms with van der Waals surface area (Å²) in [5.74, 6) is 0. The highest BCUT2D eigenvalue weighted by atomic mass is 14.8. The lowest BCUT2D eigenvalue weighted by atomic mass is 10.1. The minimum absolute atomic E-state index is 1.23. The van der Waals surface area contributed by atoms with Crippen molar-refractivity contribution in [2.24, 2.45) is 0 Å². The lowest BCUT2D eigenvalue weighted by molar-refractivity contribution is 0.529. The molecule has 0 saturated carbocycles. The molecule has 0 saturated heterocycles. The van der Waals surface area contributed by atoms with Gasteiger partial charge in [0, 0.05) is 0 Å². The van der Waals surface area contributed by atoms with Crippen LogP contribution < -0.4 is 5.32 Å². The number of rotatable bonds is 36. The molecular weight excluding hydrogens is 494 g/mol. The Morgan fingerprint density at radius 3 is 0.756 bits per heavy atom. The summed E-state index contributed by atoms with van der Waals surface area (Å²) in [7, 11) is 0. The number of hydrogen-bond acceptors (Lipinski definition) is 1. The second-order valence-corrected chi connectivity index (χ2v) is 13.0. The van der Waals surface area contributed by atoms with E-state index in [-0.39, 0.29) is 0 Å². The van der Waals surface area contributed by atoms with Crippen molar-refractivity contribution in [3.8, 4) is 0 Å². The zero-order valence-electron chi connectivity index (χ0n) is 28.9. The van der Waals surface area contributed by atoms with E-state index in [2.05, 4.69) is 43.5 Å². The Morgan fingerprint density at radius 2 is 0.488 bits per heavy atom. The summed E-state index contributed by atoms with van der Waals surface area (Å²) in [5, 5.41) is 3.68. The highest BCUT2D eigenvalue weighted by Crippen LogP contribution is 2.13. The van der Waals surface area contributed by atoms with Crippen LogP contribution in [0.2, 0.25) is 0 Å². The van der Waals surface area contributed by atoms with Gasteiger partial charge in [-0.1, -0.05) is 179 Å². The molecule has 0 amide bonds. The van der Waals surface area contributed by atoms with Crippen molar-refractivity contribution in [1.29, 1.82) is 0 Å². The molecule has 0 aliphatic carbocycles. The first-order valence-electron chi connectivity index (χ1n) is 19.4. The fourth-order valence-electron chi connectivity index (χ4n) is 5.83. The predicted molar refractivity (Wildman–Crippen MR) is 190 cm³/mol. The molecule has 0 spiro atoms. The molecule has 0 aliphatic heterocycles. The molecule has 0 rings (SSSR count). The molecule has 1 N–H and O–H groups in total. The van der Waals surface area contributed by atoms with Gasteiger partial charge in [-0.3, -0.25) is 0 Å². The van der Waals surface area contributed by atoms with Crippen LogP contribution in [0.3, 0.4) is 0 Å². The minimum Gasteiger partial charge on any atom is -0.317 e. The normalized spacial score (nSPS) is 12.0. The van der Waals surface area contributed by atoms with Crippen LogP contribution in [0.15, 0.2) is 24.3 Å². The monoisotopic (exact) mass is 574 g/mol. The van der Waals surface area contributed by atoms with E-state index in [4.69, 9.17) is 0 Å². The van der Waals surface area contributed by atoms with Crippen LogP contribution in [0.4, 0.5) is 0 Å². The van der Waals surface area contributed by atoms with Gasteiger partial charge < -0.3 is 5.32 Å². The standard InChI is InChI=1S/C40H79N/c1-3-5-7-9-11-13-15-17-19-21-22-23-24-26-28-30-32-34-36-38-40-41-39-37-35-33-31-29-27-25-20-18-16-14-12-10-8-6-4-2/h17-20,41H,3-16,21-40H2,1-2H3/b19-17-,20-18-. The molecule has 0 aromatic heterocycles. The number of unbranched alkanes of at least 4 members (excludes halogenated alkanes) is 28. The Bertz CT molecular complexity index is 449. The van der Waals surface area contributed by atoms with Crippen LogP contribution in [0.25, 0.3) is 0 Å². The maximum Gasteiger partial charge on any atom is -0.00489 e. The molecule has 0 radical (unpaired) electrons. The van der Waals surface area contributed by atoms with Crippen molar-refractivity contribution in [3.05, 3.63) is 24.3 Å². The van der Waals surface area contributed by atoms with E-state index in [9.17, 15) is 0 Å². The van der Waals surface area contributed by atoms with Crippen LogP contribution in [0, 0.1) is 0 Å². The Labute approximate surface area is 261 Å². The molecule has 244 valence electrons. The fraction of sp³-hybridized carbons (Fsp3) is 0.900. The lowest BCUT2D eigenvalue weighted by Gasteiger charge is -2.05. The van der Waals surface area contributed by atoms with Gasteiger partial charge in [-0.05, 0) is 77.3 Å².